The minimum absolute atomic E-state index is 0.377. The average molecular weight is 153 g/mol. The highest BCUT2D eigenvalue weighted by atomic mass is 35.5. The van der Waals surface area contributed by atoms with E-state index >= 15 is 0 Å². The quantitative estimate of drug-likeness (QED) is 0.469. The standard InChI is InChI=1S/C6H10Cl2/c7-6(8)4-2-1-3-5-6/h1-5H2. The van der Waals surface area contributed by atoms with Crippen LogP contribution in [0.2, 0.25) is 0 Å². The van der Waals surface area contributed by atoms with Gasteiger partial charge in [0, 0.05) is 0 Å². The Hall–Kier alpha value is 0.580. The van der Waals surface area contributed by atoms with Gasteiger partial charge in [-0.25, -0.2) is 0 Å². The van der Waals surface area contributed by atoms with E-state index in [1.165, 1.54) is 19.3 Å². The van der Waals surface area contributed by atoms with Crippen molar-refractivity contribution in [2.24, 2.45) is 0 Å². The molecule has 0 atom stereocenters. The molecule has 0 bridgehead atoms. The smallest absolute Gasteiger partial charge is 0.102 e. The number of hydrogen-bond donors (Lipinski definition) is 0. The zero-order chi connectivity index (χ0) is 6.04. The summed E-state index contributed by atoms with van der Waals surface area (Å²) in [5, 5.41) is 0. The highest BCUT2D eigenvalue weighted by Crippen LogP contribution is 2.37. The first-order chi connectivity index (χ1) is 3.71. The molecule has 1 saturated carbocycles. The molecule has 8 heavy (non-hydrogen) atoms. The predicted octanol–water partition coefficient (Wildman–Crippen LogP) is 3.12. The third-order valence-electron chi connectivity index (χ3n) is 1.59. The van der Waals surface area contributed by atoms with Crippen LogP contribution in [0.25, 0.3) is 0 Å². The van der Waals surface area contributed by atoms with Gasteiger partial charge in [-0.15, -0.1) is 23.2 Å². The summed E-state index contributed by atoms with van der Waals surface area (Å²) in [6, 6.07) is 0. The van der Waals surface area contributed by atoms with Gasteiger partial charge in [-0.3, -0.25) is 0 Å². The molecule has 0 unspecified atom stereocenters. The van der Waals surface area contributed by atoms with Crippen molar-refractivity contribution in [3.05, 3.63) is 0 Å². The van der Waals surface area contributed by atoms with Crippen LogP contribution in [-0.4, -0.2) is 4.33 Å². The maximum Gasteiger partial charge on any atom is 0.118 e. The lowest BCUT2D eigenvalue weighted by Crippen LogP contribution is -2.16. The Bertz CT molecular complexity index is 70.6. The van der Waals surface area contributed by atoms with Crippen LogP contribution in [0.1, 0.15) is 32.1 Å². The van der Waals surface area contributed by atoms with Gasteiger partial charge in [0.1, 0.15) is 4.33 Å². The molecule has 0 radical (unpaired) electrons. The maximum absolute atomic E-state index is 5.84. The fraction of sp³-hybridized carbons (Fsp3) is 1.00. The number of halogens is 2. The lowest BCUT2D eigenvalue weighted by molar-refractivity contribution is 0.478. The first kappa shape index (κ1) is 6.70. The molecule has 1 aliphatic carbocycles. The zero-order valence-corrected chi connectivity index (χ0v) is 6.30. The molecule has 0 aromatic carbocycles. The van der Waals surface area contributed by atoms with E-state index in [9.17, 15) is 0 Å². The average Bonchev–Trinajstić information content (AvgIpc) is 1.65. The Labute approximate surface area is 60.2 Å². The van der Waals surface area contributed by atoms with Crippen molar-refractivity contribution in [2.75, 3.05) is 0 Å². The fourth-order valence-electron chi connectivity index (χ4n) is 1.07. The zero-order valence-electron chi connectivity index (χ0n) is 4.79. The number of alkyl halides is 2. The summed E-state index contributed by atoms with van der Waals surface area (Å²) in [7, 11) is 0. The van der Waals surface area contributed by atoms with E-state index in [-0.39, 0.29) is 4.33 Å². The number of hydrogen-bond acceptors (Lipinski definition) is 0. The monoisotopic (exact) mass is 152 g/mol. The minimum Gasteiger partial charge on any atom is -0.102 e. The Morgan fingerprint density at radius 2 is 1.38 bits per heavy atom. The fourth-order valence-corrected chi connectivity index (χ4v) is 1.60. The van der Waals surface area contributed by atoms with Crippen LogP contribution in [0.15, 0.2) is 0 Å². The highest BCUT2D eigenvalue weighted by Gasteiger charge is 2.25. The lowest BCUT2D eigenvalue weighted by atomic mass is 10.00. The molecule has 0 spiro atoms. The molecule has 1 aliphatic rings. The largest absolute Gasteiger partial charge is 0.118 e. The van der Waals surface area contributed by atoms with Gasteiger partial charge in [0.2, 0.25) is 0 Å². The van der Waals surface area contributed by atoms with Crippen LogP contribution in [-0.2, 0) is 0 Å². The molecule has 48 valence electrons. The number of rotatable bonds is 0. The summed E-state index contributed by atoms with van der Waals surface area (Å²) in [5.74, 6) is 0. The second-order valence-electron chi connectivity index (χ2n) is 2.42. The summed E-state index contributed by atoms with van der Waals surface area (Å²) in [4.78, 5) is 0. The van der Waals surface area contributed by atoms with Crippen LogP contribution in [0.4, 0.5) is 0 Å². The van der Waals surface area contributed by atoms with Crippen LogP contribution in [0.5, 0.6) is 0 Å². The molecule has 0 heterocycles. The van der Waals surface area contributed by atoms with Gasteiger partial charge in [-0.2, -0.15) is 0 Å². The molecule has 1 fully saturated rings. The highest BCUT2D eigenvalue weighted by molar-refractivity contribution is 6.48. The van der Waals surface area contributed by atoms with E-state index < -0.39 is 0 Å². The second-order valence-corrected chi connectivity index (χ2v) is 4.06. The summed E-state index contributed by atoms with van der Waals surface area (Å²) >= 11 is 11.7. The molecule has 0 N–H and O–H groups in total. The van der Waals surface area contributed by atoms with Gasteiger partial charge in [0.15, 0.2) is 0 Å². The molecule has 0 aliphatic heterocycles. The van der Waals surface area contributed by atoms with Crippen molar-refractivity contribution in [1.82, 2.24) is 0 Å². The molecular weight excluding hydrogens is 143 g/mol. The van der Waals surface area contributed by atoms with E-state index in [2.05, 4.69) is 0 Å². The molecule has 2 heteroatoms. The van der Waals surface area contributed by atoms with Crippen molar-refractivity contribution in [3.8, 4) is 0 Å². The van der Waals surface area contributed by atoms with E-state index in [0.29, 0.717) is 0 Å². The van der Waals surface area contributed by atoms with Gasteiger partial charge < -0.3 is 0 Å². The van der Waals surface area contributed by atoms with Gasteiger partial charge in [0.25, 0.3) is 0 Å². The van der Waals surface area contributed by atoms with Gasteiger partial charge in [-0.1, -0.05) is 19.3 Å². The molecule has 0 amide bonds. The third kappa shape index (κ3) is 1.83. The first-order valence-corrected chi connectivity index (χ1v) is 3.84. The van der Waals surface area contributed by atoms with Crippen molar-refractivity contribution >= 4 is 23.2 Å². The Morgan fingerprint density at radius 1 is 0.875 bits per heavy atom. The van der Waals surface area contributed by atoms with Crippen LogP contribution < -0.4 is 0 Å². The predicted molar refractivity (Wildman–Crippen MR) is 37.5 cm³/mol. The first-order valence-electron chi connectivity index (χ1n) is 3.09. The Kier molecular flexibility index (Phi) is 2.05. The summed E-state index contributed by atoms with van der Waals surface area (Å²) in [6.45, 7) is 0. The second kappa shape index (κ2) is 2.45. The molecular formula is C6H10Cl2. The molecule has 0 saturated heterocycles. The summed E-state index contributed by atoms with van der Waals surface area (Å²) in [5.41, 5.74) is 0. The van der Waals surface area contributed by atoms with Gasteiger partial charge >= 0.3 is 0 Å². The SMILES string of the molecule is ClC1(Cl)CCCCC1. The minimum atomic E-state index is -0.377. The lowest BCUT2D eigenvalue weighted by Gasteiger charge is -2.23. The van der Waals surface area contributed by atoms with Gasteiger partial charge in [0.05, 0.1) is 0 Å². The van der Waals surface area contributed by atoms with E-state index in [4.69, 9.17) is 23.2 Å². The van der Waals surface area contributed by atoms with E-state index in [1.54, 1.807) is 0 Å². The van der Waals surface area contributed by atoms with Crippen LogP contribution >= 0.6 is 23.2 Å². The molecule has 0 nitrogen and oxygen atoms in total. The Morgan fingerprint density at radius 3 is 1.62 bits per heavy atom. The normalized spacial score (nSPS) is 27.8. The Balaban J connectivity index is 2.33. The summed E-state index contributed by atoms with van der Waals surface area (Å²) < 4.78 is -0.377. The topological polar surface area (TPSA) is 0 Å². The van der Waals surface area contributed by atoms with Crippen molar-refractivity contribution in [3.63, 3.8) is 0 Å². The van der Waals surface area contributed by atoms with Crippen molar-refractivity contribution in [1.29, 1.82) is 0 Å². The van der Waals surface area contributed by atoms with E-state index in [0.717, 1.165) is 12.8 Å². The molecule has 0 aromatic rings. The van der Waals surface area contributed by atoms with Crippen LogP contribution in [0, 0.1) is 0 Å². The third-order valence-corrected chi connectivity index (χ3v) is 2.34. The van der Waals surface area contributed by atoms with Crippen molar-refractivity contribution in [2.45, 2.75) is 36.4 Å². The maximum atomic E-state index is 5.84. The van der Waals surface area contributed by atoms with Crippen molar-refractivity contribution < 1.29 is 0 Å². The molecule has 1 rings (SSSR count). The summed E-state index contributed by atoms with van der Waals surface area (Å²) in [6.07, 6.45) is 5.67. The molecule has 0 aromatic heterocycles. The van der Waals surface area contributed by atoms with E-state index in [1.807, 2.05) is 0 Å². The van der Waals surface area contributed by atoms with Gasteiger partial charge in [-0.05, 0) is 12.8 Å². The van der Waals surface area contributed by atoms with Crippen LogP contribution in [0.3, 0.4) is 0 Å².